The number of carbonyl (C=O) groups is 3. The zero-order valence-corrected chi connectivity index (χ0v) is 9.36. The van der Waals surface area contributed by atoms with Crippen LogP contribution in [0.5, 0.6) is 0 Å². The molecule has 0 aromatic carbocycles. The quantitative estimate of drug-likeness (QED) is 0.729. The van der Waals surface area contributed by atoms with Crippen LogP contribution < -0.4 is 5.32 Å². The molecule has 6 nitrogen and oxygen atoms in total. The van der Waals surface area contributed by atoms with Crippen LogP contribution >= 0.6 is 0 Å². The molecule has 1 aliphatic heterocycles. The lowest BCUT2D eigenvalue weighted by molar-refractivity contribution is -0.135. The highest BCUT2D eigenvalue weighted by molar-refractivity contribution is 6.05. The lowest BCUT2D eigenvalue weighted by Gasteiger charge is -2.25. The summed E-state index contributed by atoms with van der Waals surface area (Å²) < 4.78 is 5.15. The van der Waals surface area contributed by atoms with Gasteiger partial charge in [-0.2, -0.15) is 0 Å². The molecule has 90 valence electrons. The van der Waals surface area contributed by atoms with Gasteiger partial charge in [0.25, 0.3) is 5.91 Å². The number of aryl methyl sites for hydroxylation is 1. The molecular formula is C11H12N2O4. The Balaban J connectivity index is 2.20. The summed E-state index contributed by atoms with van der Waals surface area (Å²) in [4.78, 5) is 35.6. The molecule has 1 aromatic rings. The molecule has 1 saturated heterocycles. The Hall–Kier alpha value is -2.11. The third-order valence-electron chi connectivity index (χ3n) is 2.53. The average molecular weight is 236 g/mol. The molecular weight excluding hydrogens is 224 g/mol. The molecule has 6 heteroatoms. The van der Waals surface area contributed by atoms with Gasteiger partial charge in [0.15, 0.2) is 0 Å². The molecule has 0 unspecified atom stereocenters. The van der Waals surface area contributed by atoms with Gasteiger partial charge in [-0.25, -0.2) is 0 Å². The van der Waals surface area contributed by atoms with Crippen LogP contribution in [0.1, 0.15) is 23.0 Å². The Morgan fingerprint density at radius 1 is 1.41 bits per heavy atom. The molecule has 2 heterocycles. The average Bonchev–Trinajstić information content (AvgIpc) is 2.74. The van der Waals surface area contributed by atoms with Crippen molar-refractivity contribution in [1.29, 1.82) is 0 Å². The minimum absolute atomic E-state index is 0.0983. The molecule has 1 fully saturated rings. The van der Waals surface area contributed by atoms with Gasteiger partial charge in [-0.1, -0.05) is 6.92 Å². The Kier molecular flexibility index (Phi) is 2.95. The largest absolute Gasteiger partial charge is 0.469 e. The Bertz CT molecular complexity index is 462. The maximum atomic E-state index is 12.1. The molecule has 2 rings (SSSR count). The van der Waals surface area contributed by atoms with E-state index in [0.717, 1.165) is 0 Å². The topological polar surface area (TPSA) is 79.6 Å². The number of piperazine rings is 1. The van der Waals surface area contributed by atoms with Gasteiger partial charge < -0.3 is 9.32 Å². The first-order chi connectivity index (χ1) is 8.11. The molecule has 1 N–H and O–H groups in total. The van der Waals surface area contributed by atoms with Crippen molar-refractivity contribution in [3.63, 3.8) is 0 Å². The van der Waals surface area contributed by atoms with Crippen LogP contribution in [0.3, 0.4) is 0 Å². The van der Waals surface area contributed by atoms with Crippen molar-refractivity contribution >= 4 is 17.7 Å². The predicted octanol–water partition coefficient (Wildman–Crippen LogP) is -0.0594. The zero-order chi connectivity index (χ0) is 12.4. The number of nitrogens with one attached hydrogen (secondary N) is 1. The summed E-state index contributed by atoms with van der Waals surface area (Å²) in [5.74, 6) is -0.709. The van der Waals surface area contributed by atoms with Gasteiger partial charge in [0, 0.05) is 6.42 Å². The molecule has 0 atom stereocenters. The van der Waals surface area contributed by atoms with Crippen molar-refractivity contribution in [1.82, 2.24) is 10.2 Å². The first-order valence-electron chi connectivity index (χ1n) is 5.30. The number of hydrogen-bond acceptors (Lipinski definition) is 4. The van der Waals surface area contributed by atoms with E-state index in [1.54, 1.807) is 6.07 Å². The molecule has 0 spiro atoms. The van der Waals surface area contributed by atoms with E-state index >= 15 is 0 Å². The number of hydrogen-bond donors (Lipinski definition) is 1. The van der Waals surface area contributed by atoms with Gasteiger partial charge in [-0.05, 0) is 6.07 Å². The van der Waals surface area contributed by atoms with Crippen LogP contribution in [-0.2, 0) is 16.0 Å². The normalized spacial score (nSPS) is 15.9. The lowest BCUT2D eigenvalue weighted by Crippen LogP contribution is -2.53. The van der Waals surface area contributed by atoms with Crippen LogP contribution in [-0.4, -0.2) is 35.7 Å². The van der Waals surface area contributed by atoms with Gasteiger partial charge >= 0.3 is 0 Å². The molecule has 1 aliphatic rings. The van der Waals surface area contributed by atoms with E-state index < -0.39 is 11.8 Å². The maximum Gasteiger partial charge on any atom is 0.258 e. The number of amides is 3. The third-order valence-corrected chi connectivity index (χ3v) is 2.53. The second kappa shape index (κ2) is 4.40. The standard InChI is InChI=1S/C11H12N2O4/c1-2-8-7(3-4-17-8)11(16)13-5-9(14)12-10(15)6-13/h3-4H,2,5-6H2,1H3,(H,12,14,15). The number of furan rings is 1. The van der Waals surface area contributed by atoms with Crippen molar-refractivity contribution in [3.8, 4) is 0 Å². The smallest absolute Gasteiger partial charge is 0.258 e. The highest BCUT2D eigenvalue weighted by atomic mass is 16.3. The molecule has 3 amide bonds. The summed E-state index contributed by atoms with van der Waals surface area (Å²) in [6.45, 7) is 1.67. The lowest BCUT2D eigenvalue weighted by atomic mass is 10.1. The van der Waals surface area contributed by atoms with Crippen molar-refractivity contribution in [3.05, 3.63) is 23.7 Å². The first kappa shape index (κ1) is 11.4. The Morgan fingerprint density at radius 2 is 2.06 bits per heavy atom. The predicted molar refractivity (Wildman–Crippen MR) is 57.1 cm³/mol. The zero-order valence-electron chi connectivity index (χ0n) is 9.36. The third kappa shape index (κ3) is 2.20. The second-order valence-corrected chi connectivity index (χ2v) is 3.74. The molecule has 0 radical (unpaired) electrons. The summed E-state index contributed by atoms with van der Waals surface area (Å²) in [6, 6.07) is 1.55. The van der Waals surface area contributed by atoms with Gasteiger partial charge in [-0.15, -0.1) is 0 Å². The van der Waals surface area contributed by atoms with E-state index in [1.807, 2.05) is 6.92 Å². The number of nitrogens with zero attached hydrogens (tertiary/aromatic N) is 1. The summed E-state index contributed by atoms with van der Waals surface area (Å²) in [5.41, 5.74) is 0.412. The van der Waals surface area contributed by atoms with Crippen molar-refractivity contribution in [2.75, 3.05) is 13.1 Å². The van der Waals surface area contributed by atoms with Crippen LogP contribution in [0.2, 0.25) is 0 Å². The maximum absolute atomic E-state index is 12.1. The SMILES string of the molecule is CCc1occc1C(=O)N1CC(=O)NC(=O)C1. The highest BCUT2D eigenvalue weighted by Gasteiger charge is 2.28. The van der Waals surface area contributed by atoms with E-state index in [1.165, 1.54) is 11.2 Å². The molecule has 0 aliphatic carbocycles. The summed E-state index contributed by atoms with van der Waals surface area (Å²) in [6.07, 6.45) is 2.01. The van der Waals surface area contributed by atoms with E-state index in [2.05, 4.69) is 5.32 Å². The fourth-order valence-electron chi connectivity index (χ4n) is 1.76. The van der Waals surface area contributed by atoms with Crippen LogP contribution in [0.15, 0.2) is 16.7 Å². The van der Waals surface area contributed by atoms with Gasteiger partial charge in [-0.3, -0.25) is 19.7 Å². The minimum Gasteiger partial charge on any atom is -0.469 e. The number of rotatable bonds is 2. The Labute approximate surface area is 97.6 Å². The summed E-state index contributed by atoms with van der Waals surface area (Å²) >= 11 is 0. The Morgan fingerprint density at radius 3 is 2.65 bits per heavy atom. The second-order valence-electron chi connectivity index (χ2n) is 3.74. The monoisotopic (exact) mass is 236 g/mol. The van der Waals surface area contributed by atoms with Gasteiger partial charge in [0.1, 0.15) is 18.8 Å². The highest BCUT2D eigenvalue weighted by Crippen LogP contribution is 2.14. The molecule has 0 saturated carbocycles. The van der Waals surface area contributed by atoms with E-state index in [-0.39, 0.29) is 19.0 Å². The number of imide groups is 1. The van der Waals surface area contributed by atoms with Crippen molar-refractivity contribution in [2.24, 2.45) is 0 Å². The summed E-state index contributed by atoms with van der Waals surface area (Å²) in [7, 11) is 0. The fraction of sp³-hybridized carbons (Fsp3) is 0.364. The van der Waals surface area contributed by atoms with E-state index in [9.17, 15) is 14.4 Å². The van der Waals surface area contributed by atoms with Crippen molar-refractivity contribution < 1.29 is 18.8 Å². The first-order valence-corrected chi connectivity index (χ1v) is 5.30. The van der Waals surface area contributed by atoms with Crippen LogP contribution in [0, 0.1) is 0 Å². The van der Waals surface area contributed by atoms with E-state index in [4.69, 9.17) is 4.42 Å². The molecule has 1 aromatic heterocycles. The molecule has 0 bridgehead atoms. The summed E-state index contributed by atoms with van der Waals surface area (Å²) in [5, 5.41) is 2.14. The minimum atomic E-state index is -0.462. The molecule has 17 heavy (non-hydrogen) atoms. The fourth-order valence-corrected chi connectivity index (χ4v) is 1.76. The van der Waals surface area contributed by atoms with Gasteiger partial charge in [0.05, 0.1) is 11.8 Å². The number of carbonyl (C=O) groups excluding carboxylic acids is 3. The van der Waals surface area contributed by atoms with E-state index in [0.29, 0.717) is 17.7 Å². The van der Waals surface area contributed by atoms with Crippen molar-refractivity contribution in [2.45, 2.75) is 13.3 Å². The van der Waals surface area contributed by atoms with Crippen LogP contribution in [0.4, 0.5) is 0 Å². The van der Waals surface area contributed by atoms with Gasteiger partial charge in [0.2, 0.25) is 11.8 Å². The van der Waals surface area contributed by atoms with Crippen LogP contribution in [0.25, 0.3) is 0 Å².